The molecule has 24 heavy (non-hydrogen) atoms. The van der Waals surface area contributed by atoms with Crippen LogP contribution >= 0.6 is 15.9 Å². The van der Waals surface area contributed by atoms with Crippen LogP contribution in [0, 0.1) is 5.92 Å². The number of ether oxygens (including phenoxy) is 1. The highest BCUT2D eigenvalue weighted by Gasteiger charge is 2.28. The number of rotatable bonds is 6. The number of carbonyl (C=O) groups excluding carboxylic acids is 1. The third-order valence-corrected chi connectivity index (χ3v) is 4.61. The van der Waals surface area contributed by atoms with Crippen LogP contribution < -0.4 is 10.1 Å². The van der Waals surface area contributed by atoms with Crippen molar-refractivity contribution in [2.24, 2.45) is 5.92 Å². The molecule has 2 heterocycles. The first-order chi connectivity index (χ1) is 11.7. The Kier molecular flexibility index (Phi) is 5.58. The molecule has 1 aromatic heterocycles. The monoisotopic (exact) mass is 392 g/mol. The van der Waals surface area contributed by atoms with E-state index in [2.05, 4.69) is 21.2 Å². The molecule has 1 saturated heterocycles. The average molecular weight is 393 g/mol. The Morgan fingerprint density at radius 2 is 2.29 bits per heavy atom. The summed E-state index contributed by atoms with van der Waals surface area (Å²) in [4.78, 5) is 14.4. The molecular formula is C18H21BrN2O3. The first-order valence-electron chi connectivity index (χ1n) is 8.06. The maximum Gasteiger partial charge on any atom is 0.289 e. The van der Waals surface area contributed by atoms with Crippen molar-refractivity contribution in [1.29, 1.82) is 0 Å². The van der Waals surface area contributed by atoms with E-state index >= 15 is 0 Å². The van der Waals surface area contributed by atoms with Crippen molar-refractivity contribution in [3.05, 3.63) is 52.4 Å². The fourth-order valence-corrected chi connectivity index (χ4v) is 3.29. The highest BCUT2D eigenvalue weighted by Crippen LogP contribution is 2.21. The third kappa shape index (κ3) is 4.19. The van der Waals surface area contributed by atoms with E-state index in [4.69, 9.17) is 9.15 Å². The van der Waals surface area contributed by atoms with Gasteiger partial charge in [0.1, 0.15) is 18.1 Å². The number of nitrogens with zero attached hydrogens (tertiary/aromatic N) is 1. The van der Waals surface area contributed by atoms with Gasteiger partial charge in [0, 0.05) is 17.6 Å². The van der Waals surface area contributed by atoms with Gasteiger partial charge in [-0.3, -0.25) is 4.79 Å². The van der Waals surface area contributed by atoms with E-state index in [0.717, 1.165) is 36.3 Å². The average Bonchev–Trinajstić information content (AvgIpc) is 3.22. The molecule has 1 N–H and O–H groups in total. The van der Waals surface area contributed by atoms with Crippen LogP contribution in [0.2, 0.25) is 0 Å². The number of hydrogen-bond acceptors (Lipinski definition) is 4. The highest BCUT2D eigenvalue weighted by atomic mass is 79.9. The molecule has 0 bridgehead atoms. The number of halogens is 1. The predicted octanol–water partition coefficient (Wildman–Crippen LogP) is 3.30. The minimum absolute atomic E-state index is 0.0395. The van der Waals surface area contributed by atoms with E-state index in [1.165, 1.54) is 0 Å². The Labute approximate surface area is 150 Å². The Balaban J connectivity index is 1.56. The van der Waals surface area contributed by atoms with Crippen molar-refractivity contribution in [3.8, 4) is 5.75 Å². The summed E-state index contributed by atoms with van der Waals surface area (Å²) in [6, 6.07) is 11.1. The van der Waals surface area contributed by atoms with Gasteiger partial charge in [0.05, 0.1) is 0 Å². The summed E-state index contributed by atoms with van der Waals surface area (Å²) in [6.45, 7) is 2.81. The molecule has 1 fully saturated rings. The normalized spacial score (nSPS) is 17.2. The summed E-state index contributed by atoms with van der Waals surface area (Å²) < 4.78 is 12.3. The van der Waals surface area contributed by atoms with Crippen LogP contribution in [0.15, 0.2) is 45.3 Å². The van der Waals surface area contributed by atoms with Crippen molar-refractivity contribution in [1.82, 2.24) is 10.2 Å². The lowest BCUT2D eigenvalue weighted by atomic mass is 10.1. The molecule has 1 aliphatic rings. The van der Waals surface area contributed by atoms with Crippen LogP contribution in [-0.2, 0) is 6.61 Å². The molecule has 1 atom stereocenters. The summed E-state index contributed by atoms with van der Waals surface area (Å²) in [5.74, 6) is 2.26. The quantitative estimate of drug-likeness (QED) is 0.819. The minimum atomic E-state index is -0.0395. The van der Waals surface area contributed by atoms with Gasteiger partial charge in [-0.05, 0) is 56.3 Å². The van der Waals surface area contributed by atoms with Crippen LogP contribution in [0.3, 0.4) is 0 Å². The van der Waals surface area contributed by atoms with Crippen LogP contribution in [0.5, 0.6) is 5.75 Å². The standard InChI is InChI=1S/C18H21BrN2O3/c1-20-10-13-7-8-21(11-13)18(22)17-6-5-16(24-17)12-23-15-4-2-3-14(19)9-15/h2-6,9,13,20H,7-8,10-12H2,1H3. The van der Waals surface area contributed by atoms with Gasteiger partial charge in [0.25, 0.3) is 5.91 Å². The Hall–Kier alpha value is -1.79. The minimum Gasteiger partial charge on any atom is -0.486 e. The highest BCUT2D eigenvalue weighted by molar-refractivity contribution is 9.10. The summed E-state index contributed by atoms with van der Waals surface area (Å²) in [6.07, 6.45) is 1.03. The first kappa shape index (κ1) is 17.0. The summed E-state index contributed by atoms with van der Waals surface area (Å²) in [5.41, 5.74) is 0. The maximum atomic E-state index is 12.5. The van der Waals surface area contributed by atoms with E-state index < -0.39 is 0 Å². The number of amides is 1. The summed E-state index contributed by atoms with van der Waals surface area (Å²) in [7, 11) is 1.94. The van der Waals surface area contributed by atoms with Gasteiger partial charge >= 0.3 is 0 Å². The molecule has 128 valence electrons. The molecule has 5 nitrogen and oxygen atoms in total. The smallest absolute Gasteiger partial charge is 0.289 e. The van der Waals surface area contributed by atoms with Crippen molar-refractivity contribution >= 4 is 21.8 Å². The molecule has 6 heteroatoms. The number of carbonyl (C=O) groups is 1. The zero-order chi connectivity index (χ0) is 16.9. The lowest BCUT2D eigenvalue weighted by molar-refractivity contribution is 0.0751. The molecule has 0 spiro atoms. The molecular weight excluding hydrogens is 372 g/mol. The fraction of sp³-hybridized carbons (Fsp3) is 0.389. The molecule has 1 aromatic carbocycles. The Bertz CT molecular complexity index is 701. The molecule has 0 saturated carbocycles. The van der Waals surface area contributed by atoms with Gasteiger partial charge in [-0.2, -0.15) is 0 Å². The SMILES string of the molecule is CNCC1CCN(C(=O)c2ccc(COc3cccc(Br)c3)o2)C1. The zero-order valence-corrected chi connectivity index (χ0v) is 15.2. The number of hydrogen-bond donors (Lipinski definition) is 1. The molecule has 1 unspecified atom stereocenters. The second-order valence-electron chi connectivity index (χ2n) is 5.98. The Morgan fingerprint density at radius 1 is 1.42 bits per heavy atom. The van der Waals surface area contributed by atoms with Crippen LogP contribution in [-0.4, -0.2) is 37.5 Å². The molecule has 1 amide bonds. The van der Waals surface area contributed by atoms with Crippen molar-refractivity contribution in [2.45, 2.75) is 13.0 Å². The van der Waals surface area contributed by atoms with Gasteiger partial charge in [-0.1, -0.05) is 22.0 Å². The van der Waals surface area contributed by atoms with E-state index in [9.17, 15) is 4.79 Å². The van der Waals surface area contributed by atoms with Gasteiger partial charge in [-0.25, -0.2) is 0 Å². The summed E-state index contributed by atoms with van der Waals surface area (Å²) in [5, 5.41) is 3.17. The maximum absolute atomic E-state index is 12.5. The van der Waals surface area contributed by atoms with Crippen LogP contribution in [0.1, 0.15) is 22.7 Å². The topological polar surface area (TPSA) is 54.7 Å². The second kappa shape index (κ2) is 7.85. The predicted molar refractivity (Wildman–Crippen MR) is 95.1 cm³/mol. The van der Waals surface area contributed by atoms with E-state index in [-0.39, 0.29) is 5.91 Å². The van der Waals surface area contributed by atoms with Gasteiger partial charge in [0.2, 0.25) is 0 Å². The lowest BCUT2D eigenvalue weighted by Crippen LogP contribution is -2.30. The van der Waals surface area contributed by atoms with E-state index in [1.54, 1.807) is 12.1 Å². The van der Waals surface area contributed by atoms with Gasteiger partial charge in [-0.15, -0.1) is 0 Å². The molecule has 0 radical (unpaired) electrons. The van der Waals surface area contributed by atoms with Gasteiger partial charge in [0.15, 0.2) is 5.76 Å². The zero-order valence-electron chi connectivity index (χ0n) is 13.6. The van der Waals surface area contributed by atoms with E-state index in [1.807, 2.05) is 36.2 Å². The fourth-order valence-electron chi connectivity index (χ4n) is 2.91. The van der Waals surface area contributed by atoms with Gasteiger partial charge < -0.3 is 19.4 Å². The van der Waals surface area contributed by atoms with E-state index in [0.29, 0.717) is 24.0 Å². The second-order valence-corrected chi connectivity index (χ2v) is 6.89. The van der Waals surface area contributed by atoms with Crippen LogP contribution in [0.4, 0.5) is 0 Å². The molecule has 0 aliphatic carbocycles. The number of benzene rings is 1. The number of nitrogens with one attached hydrogen (secondary N) is 1. The Morgan fingerprint density at radius 3 is 3.08 bits per heavy atom. The lowest BCUT2D eigenvalue weighted by Gasteiger charge is -2.14. The van der Waals surface area contributed by atoms with Crippen molar-refractivity contribution in [2.75, 3.05) is 26.7 Å². The van der Waals surface area contributed by atoms with Crippen molar-refractivity contribution < 1.29 is 13.9 Å². The molecule has 3 rings (SSSR count). The van der Waals surface area contributed by atoms with Crippen molar-refractivity contribution in [3.63, 3.8) is 0 Å². The third-order valence-electron chi connectivity index (χ3n) is 4.12. The largest absolute Gasteiger partial charge is 0.486 e. The molecule has 1 aliphatic heterocycles. The van der Waals surface area contributed by atoms with Crippen LogP contribution in [0.25, 0.3) is 0 Å². The number of furan rings is 1. The molecule has 2 aromatic rings. The number of likely N-dealkylation sites (tertiary alicyclic amines) is 1. The first-order valence-corrected chi connectivity index (χ1v) is 8.86. The summed E-state index contributed by atoms with van der Waals surface area (Å²) >= 11 is 3.41.